The number of pyridine rings is 1. The fraction of sp³-hybridized carbons (Fsp3) is 0.167. The van der Waals surface area contributed by atoms with Gasteiger partial charge in [-0.2, -0.15) is 5.10 Å². The minimum atomic E-state index is -0.112. The molecule has 2 aromatic heterocycles. The fourth-order valence-corrected chi connectivity index (χ4v) is 2.53. The van der Waals surface area contributed by atoms with Crippen LogP contribution in [0.25, 0.3) is 5.69 Å². The number of benzene rings is 1. The molecule has 0 aliphatic heterocycles. The molecule has 0 saturated heterocycles. The molecule has 3 rings (SSSR count). The molecule has 0 aliphatic carbocycles. The lowest BCUT2D eigenvalue weighted by Gasteiger charge is -2.18. The van der Waals surface area contributed by atoms with Crippen LogP contribution in [0.4, 0.5) is 0 Å². The Morgan fingerprint density at radius 2 is 2.04 bits per heavy atom. The quantitative estimate of drug-likeness (QED) is 0.788. The fourth-order valence-electron chi connectivity index (χ4n) is 2.53. The Kier molecular flexibility index (Phi) is 4.47. The van der Waals surface area contributed by atoms with E-state index in [1.807, 2.05) is 55.6 Å². The van der Waals surface area contributed by atoms with Crippen LogP contribution in [0.2, 0.25) is 0 Å². The van der Waals surface area contributed by atoms with Crippen molar-refractivity contribution in [3.63, 3.8) is 0 Å². The van der Waals surface area contributed by atoms with Crippen molar-refractivity contribution in [1.82, 2.24) is 20.1 Å². The zero-order chi connectivity index (χ0) is 16.1. The van der Waals surface area contributed by atoms with Gasteiger partial charge in [0, 0.05) is 24.8 Å². The molecule has 5 heteroatoms. The van der Waals surface area contributed by atoms with Crippen LogP contribution >= 0.6 is 0 Å². The summed E-state index contributed by atoms with van der Waals surface area (Å²) in [5.41, 5.74) is 2.89. The van der Waals surface area contributed by atoms with Crippen molar-refractivity contribution in [3.8, 4) is 5.69 Å². The highest BCUT2D eigenvalue weighted by molar-refractivity contribution is 5.79. The van der Waals surface area contributed by atoms with Gasteiger partial charge in [0.15, 0.2) is 0 Å². The monoisotopic (exact) mass is 306 g/mol. The molecule has 116 valence electrons. The average Bonchev–Trinajstić information content (AvgIpc) is 3.10. The SMILES string of the molecule is CC(NC(=O)Cc1cccnc1)c1ccccc1-n1cccn1. The van der Waals surface area contributed by atoms with Gasteiger partial charge in [0.05, 0.1) is 18.2 Å². The second-order valence-corrected chi connectivity index (χ2v) is 5.34. The lowest BCUT2D eigenvalue weighted by molar-refractivity contribution is -0.121. The van der Waals surface area contributed by atoms with Gasteiger partial charge in [-0.05, 0) is 36.2 Å². The van der Waals surface area contributed by atoms with Crippen LogP contribution in [0.1, 0.15) is 24.1 Å². The molecule has 1 atom stereocenters. The molecular weight excluding hydrogens is 288 g/mol. The van der Waals surface area contributed by atoms with E-state index >= 15 is 0 Å². The van der Waals surface area contributed by atoms with Crippen molar-refractivity contribution in [2.45, 2.75) is 19.4 Å². The number of para-hydroxylation sites is 1. The van der Waals surface area contributed by atoms with E-state index in [1.54, 1.807) is 23.3 Å². The number of nitrogens with one attached hydrogen (secondary N) is 1. The summed E-state index contributed by atoms with van der Waals surface area (Å²) >= 11 is 0. The first-order chi connectivity index (χ1) is 11.2. The highest BCUT2D eigenvalue weighted by Crippen LogP contribution is 2.21. The van der Waals surface area contributed by atoms with Gasteiger partial charge in [0.1, 0.15) is 0 Å². The Labute approximate surface area is 135 Å². The molecule has 1 N–H and O–H groups in total. The number of hydrogen-bond donors (Lipinski definition) is 1. The maximum absolute atomic E-state index is 12.2. The normalized spacial score (nSPS) is 11.9. The Morgan fingerprint density at radius 3 is 2.78 bits per heavy atom. The Bertz CT molecular complexity index is 769. The van der Waals surface area contributed by atoms with Crippen molar-refractivity contribution >= 4 is 5.91 Å². The van der Waals surface area contributed by atoms with Gasteiger partial charge in [-0.25, -0.2) is 4.68 Å². The highest BCUT2D eigenvalue weighted by Gasteiger charge is 2.14. The second-order valence-electron chi connectivity index (χ2n) is 5.34. The summed E-state index contributed by atoms with van der Waals surface area (Å²) in [4.78, 5) is 16.3. The highest BCUT2D eigenvalue weighted by atomic mass is 16.1. The summed E-state index contributed by atoms with van der Waals surface area (Å²) < 4.78 is 1.80. The molecule has 1 unspecified atom stereocenters. The van der Waals surface area contributed by atoms with Crippen molar-refractivity contribution < 1.29 is 4.79 Å². The minimum Gasteiger partial charge on any atom is -0.349 e. The van der Waals surface area contributed by atoms with Gasteiger partial charge in [-0.3, -0.25) is 9.78 Å². The maximum atomic E-state index is 12.2. The van der Waals surface area contributed by atoms with E-state index in [9.17, 15) is 4.79 Å². The first kappa shape index (κ1) is 15.0. The second kappa shape index (κ2) is 6.87. The van der Waals surface area contributed by atoms with Crippen LogP contribution in [0.15, 0.2) is 67.3 Å². The number of aromatic nitrogens is 3. The number of nitrogens with zero attached hydrogens (tertiary/aromatic N) is 3. The van der Waals surface area contributed by atoms with Crippen LogP contribution in [0.3, 0.4) is 0 Å². The summed E-state index contributed by atoms with van der Waals surface area (Å²) in [5.74, 6) is -0.0271. The third kappa shape index (κ3) is 3.63. The molecular formula is C18H18N4O. The van der Waals surface area contributed by atoms with E-state index < -0.39 is 0 Å². The number of carbonyl (C=O) groups is 1. The van der Waals surface area contributed by atoms with Crippen LogP contribution in [-0.4, -0.2) is 20.7 Å². The van der Waals surface area contributed by atoms with E-state index in [4.69, 9.17) is 0 Å². The van der Waals surface area contributed by atoms with Gasteiger partial charge in [-0.1, -0.05) is 24.3 Å². The van der Waals surface area contributed by atoms with Crippen molar-refractivity contribution in [2.24, 2.45) is 0 Å². The van der Waals surface area contributed by atoms with Crippen molar-refractivity contribution in [3.05, 3.63) is 78.4 Å². The van der Waals surface area contributed by atoms with Gasteiger partial charge in [0.2, 0.25) is 5.91 Å². The summed E-state index contributed by atoms with van der Waals surface area (Å²) in [7, 11) is 0. The van der Waals surface area contributed by atoms with E-state index in [2.05, 4.69) is 15.4 Å². The minimum absolute atomic E-state index is 0.0271. The number of hydrogen-bond acceptors (Lipinski definition) is 3. The molecule has 2 heterocycles. The molecule has 0 fully saturated rings. The molecule has 5 nitrogen and oxygen atoms in total. The van der Waals surface area contributed by atoms with Gasteiger partial charge >= 0.3 is 0 Å². The first-order valence-electron chi connectivity index (χ1n) is 7.51. The molecule has 23 heavy (non-hydrogen) atoms. The molecule has 0 spiro atoms. The zero-order valence-corrected chi connectivity index (χ0v) is 12.9. The van der Waals surface area contributed by atoms with Gasteiger partial charge in [-0.15, -0.1) is 0 Å². The molecule has 0 radical (unpaired) electrons. The van der Waals surface area contributed by atoms with Crippen molar-refractivity contribution in [2.75, 3.05) is 0 Å². The number of amides is 1. The van der Waals surface area contributed by atoms with Gasteiger partial charge in [0.25, 0.3) is 0 Å². The first-order valence-corrected chi connectivity index (χ1v) is 7.51. The molecule has 0 saturated carbocycles. The summed E-state index contributed by atoms with van der Waals surface area (Å²) in [6.45, 7) is 1.98. The predicted octanol–water partition coefficient (Wildman–Crippen LogP) is 2.69. The number of carbonyl (C=O) groups excluding carboxylic acids is 1. The summed E-state index contributed by atoms with van der Waals surface area (Å²) in [6, 6.07) is 13.4. The van der Waals surface area contributed by atoms with Crippen LogP contribution in [0, 0.1) is 0 Å². The van der Waals surface area contributed by atoms with Crippen LogP contribution < -0.4 is 5.32 Å². The summed E-state index contributed by atoms with van der Waals surface area (Å²) in [5, 5.41) is 7.31. The Balaban J connectivity index is 1.74. The zero-order valence-electron chi connectivity index (χ0n) is 12.9. The van der Waals surface area contributed by atoms with E-state index in [-0.39, 0.29) is 11.9 Å². The lowest BCUT2D eigenvalue weighted by atomic mass is 10.1. The predicted molar refractivity (Wildman–Crippen MR) is 88.1 cm³/mol. The van der Waals surface area contributed by atoms with Crippen LogP contribution in [0.5, 0.6) is 0 Å². The molecule has 0 bridgehead atoms. The molecule has 3 aromatic rings. The molecule has 0 aliphatic rings. The molecule has 1 aromatic carbocycles. The number of rotatable bonds is 5. The van der Waals surface area contributed by atoms with Gasteiger partial charge < -0.3 is 5.32 Å². The van der Waals surface area contributed by atoms with Crippen molar-refractivity contribution in [1.29, 1.82) is 0 Å². The Hall–Kier alpha value is -2.95. The average molecular weight is 306 g/mol. The van der Waals surface area contributed by atoms with E-state index in [0.717, 1.165) is 16.8 Å². The third-order valence-corrected chi connectivity index (χ3v) is 3.62. The Morgan fingerprint density at radius 1 is 1.17 bits per heavy atom. The summed E-state index contributed by atoms with van der Waals surface area (Å²) in [6.07, 6.45) is 7.36. The largest absolute Gasteiger partial charge is 0.349 e. The van der Waals surface area contributed by atoms with Crippen LogP contribution in [-0.2, 0) is 11.2 Å². The van der Waals surface area contributed by atoms with E-state index in [0.29, 0.717) is 6.42 Å². The van der Waals surface area contributed by atoms with E-state index in [1.165, 1.54) is 0 Å². The maximum Gasteiger partial charge on any atom is 0.224 e. The topological polar surface area (TPSA) is 59.8 Å². The smallest absolute Gasteiger partial charge is 0.224 e. The molecule has 1 amide bonds. The lowest BCUT2D eigenvalue weighted by Crippen LogP contribution is -2.28. The third-order valence-electron chi connectivity index (χ3n) is 3.62. The standard InChI is InChI=1S/C18H18N4O/c1-14(21-18(23)12-15-6-4-9-19-13-15)16-7-2-3-8-17(16)22-11-5-10-20-22/h2-11,13-14H,12H2,1H3,(H,21,23).